The number of hydrogen-bond acceptors (Lipinski definition) is 3. The molecule has 0 fully saturated rings. The van der Waals surface area contributed by atoms with Crippen molar-refractivity contribution in [3.8, 4) is 0 Å². The van der Waals surface area contributed by atoms with Gasteiger partial charge in [-0.15, -0.1) is 0 Å². The molecule has 0 saturated heterocycles. The quantitative estimate of drug-likeness (QED) is 0.310. The molecule has 0 spiro atoms. The summed E-state index contributed by atoms with van der Waals surface area (Å²) in [5, 5.41) is 22.5. The fourth-order valence-corrected chi connectivity index (χ4v) is 3.18. The van der Waals surface area contributed by atoms with E-state index in [2.05, 4.69) is 0 Å². The van der Waals surface area contributed by atoms with Gasteiger partial charge in [0.2, 0.25) is 0 Å². The van der Waals surface area contributed by atoms with Crippen molar-refractivity contribution < 1.29 is 10.0 Å². The van der Waals surface area contributed by atoms with Gasteiger partial charge in [-0.25, -0.2) is 0 Å². The van der Waals surface area contributed by atoms with Crippen molar-refractivity contribution in [1.82, 2.24) is 0 Å². The van der Waals surface area contributed by atoms with Gasteiger partial charge >= 0.3 is 0 Å². The van der Waals surface area contributed by atoms with Crippen molar-refractivity contribution in [3.05, 3.63) is 123 Å². The molecule has 3 aromatic carbocycles. The lowest BCUT2D eigenvalue weighted by molar-refractivity contribution is -0.384. The third-order valence-electron chi connectivity index (χ3n) is 4.58. The van der Waals surface area contributed by atoms with Crippen LogP contribution < -0.4 is 0 Å². The lowest BCUT2D eigenvalue weighted by Gasteiger charge is -2.21. The van der Waals surface area contributed by atoms with Crippen LogP contribution in [0.15, 0.2) is 91.0 Å². The largest absolute Gasteiger partial charge is 0.387 e. The molecule has 0 aromatic heterocycles. The Morgan fingerprint density at radius 2 is 1.54 bits per heavy atom. The topological polar surface area (TPSA) is 63.4 Å². The second kappa shape index (κ2) is 9.31. The van der Waals surface area contributed by atoms with Crippen LogP contribution in [0.3, 0.4) is 0 Å². The van der Waals surface area contributed by atoms with Crippen molar-refractivity contribution in [3.63, 3.8) is 0 Å². The smallest absolute Gasteiger partial charge is 0.269 e. The SMILES string of the molecule is O=[N+]([O-])c1ccc([C@H](O)[C@@H](/C=C\Cc2ccccc2)c2ccc(Cl)cc2)cc1. The maximum absolute atomic E-state index is 11.0. The Bertz CT molecular complexity index is 938. The number of halogens is 1. The van der Waals surface area contributed by atoms with E-state index in [0.29, 0.717) is 10.6 Å². The van der Waals surface area contributed by atoms with Crippen LogP contribution in [0.2, 0.25) is 5.02 Å². The molecule has 0 radical (unpaired) electrons. The molecule has 0 heterocycles. The van der Waals surface area contributed by atoms with Crippen LogP contribution in [0.25, 0.3) is 0 Å². The Hall–Kier alpha value is -2.95. The number of nitrogens with zero attached hydrogens (tertiary/aromatic N) is 1. The zero-order valence-electron chi connectivity index (χ0n) is 15.1. The monoisotopic (exact) mass is 393 g/mol. The van der Waals surface area contributed by atoms with Crippen LogP contribution in [0, 0.1) is 10.1 Å². The van der Waals surface area contributed by atoms with Gasteiger partial charge < -0.3 is 5.11 Å². The third-order valence-corrected chi connectivity index (χ3v) is 4.83. The zero-order valence-corrected chi connectivity index (χ0v) is 15.9. The Balaban J connectivity index is 1.86. The molecule has 0 amide bonds. The third kappa shape index (κ3) is 5.06. The van der Waals surface area contributed by atoms with Crippen LogP contribution >= 0.6 is 11.6 Å². The molecule has 3 rings (SSSR count). The highest BCUT2D eigenvalue weighted by molar-refractivity contribution is 6.30. The summed E-state index contributed by atoms with van der Waals surface area (Å²) in [5.41, 5.74) is 2.71. The van der Waals surface area contributed by atoms with Crippen molar-refractivity contribution in [2.45, 2.75) is 18.4 Å². The predicted octanol–water partition coefficient (Wildman–Crippen LogP) is 5.86. The van der Waals surface area contributed by atoms with E-state index in [4.69, 9.17) is 11.6 Å². The number of non-ortho nitro benzene ring substituents is 1. The molecule has 28 heavy (non-hydrogen) atoms. The van der Waals surface area contributed by atoms with Gasteiger partial charge in [0.25, 0.3) is 5.69 Å². The standard InChI is InChI=1S/C23H20ClNO3/c24-20-13-9-18(10-14-20)22(8-4-7-17-5-2-1-3-6-17)23(26)19-11-15-21(16-12-19)25(27)28/h1-6,8-16,22-23,26H,7H2/b8-4-/t22-,23-/m0/s1. The number of nitro groups is 1. The fourth-order valence-electron chi connectivity index (χ4n) is 3.05. The molecule has 3 aromatic rings. The zero-order chi connectivity index (χ0) is 19.9. The molecule has 0 unspecified atom stereocenters. The molecule has 0 bridgehead atoms. The number of aliphatic hydroxyl groups excluding tert-OH is 1. The number of allylic oxidation sites excluding steroid dienone is 1. The van der Waals surface area contributed by atoms with E-state index in [1.165, 1.54) is 17.7 Å². The first kappa shape index (κ1) is 19.8. The summed E-state index contributed by atoms with van der Waals surface area (Å²) in [6.07, 6.45) is 3.91. The van der Waals surface area contributed by atoms with Gasteiger partial charge in [-0.05, 0) is 47.4 Å². The number of aliphatic hydroxyl groups is 1. The fraction of sp³-hybridized carbons (Fsp3) is 0.130. The Labute approximate surface area is 168 Å². The molecular weight excluding hydrogens is 374 g/mol. The number of benzene rings is 3. The van der Waals surface area contributed by atoms with Crippen molar-refractivity contribution >= 4 is 17.3 Å². The molecule has 0 aliphatic rings. The van der Waals surface area contributed by atoms with Crippen LogP contribution in [0.1, 0.15) is 28.7 Å². The first-order chi connectivity index (χ1) is 13.5. The van der Waals surface area contributed by atoms with E-state index in [1.807, 2.05) is 54.6 Å². The van der Waals surface area contributed by atoms with Gasteiger partial charge in [-0.3, -0.25) is 10.1 Å². The summed E-state index contributed by atoms with van der Waals surface area (Å²) >= 11 is 6.00. The maximum Gasteiger partial charge on any atom is 0.269 e. The van der Waals surface area contributed by atoms with Gasteiger partial charge in [-0.2, -0.15) is 0 Å². The molecule has 4 nitrogen and oxygen atoms in total. The van der Waals surface area contributed by atoms with E-state index >= 15 is 0 Å². The first-order valence-corrected chi connectivity index (χ1v) is 9.31. The average molecular weight is 394 g/mol. The maximum atomic E-state index is 11.0. The van der Waals surface area contributed by atoms with E-state index in [0.717, 1.165) is 12.0 Å². The Morgan fingerprint density at radius 1 is 0.929 bits per heavy atom. The lowest BCUT2D eigenvalue weighted by atomic mass is 9.88. The lowest BCUT2D eigenvalue weighted by Crippen LogP contribution is -2.09. The average Bonchev–Trinajstić information content (AvgIpc) is 2.72. The highest BCUT2D eigenvalue weighted by Crippen LogP contribution is 2.33. The second-order valence-corrected chi connectivity index (χ2v) is 6.93. The number of nitro benzene ring substituents is 1. The minimum atomic E-state index is -0.839. The second-order valence-electron chi connectivity index (χ2n) is 6.49. The van der Waals surface area contributed by atoms with Crippen LogP contribution in [0.5, 0.6) is 0 Å². The molecule has 0 aliphatic carbocycles. The number of rotatable bonds is 7. The summed E-state index contributed by atoms with van der Waals surface area (Å²) < 4.78 is 0. The van der Waals surface area contributed by atoms with Gasteiger partial charge in [-0.1, -0.05) is 66.2 Å². The Kier molecular flexibility index (Phi) is 6.58. The van der Waals surface area contributed by atoms with Crippen molar-refractivity contribution in [2.75, 3.05) is 0 Å². The molecule has 0 aliphatic heterocycles. The summed E-state index contributed by atoms with van der Waals surface area (Å²) in [6.45, 7) is 0. The first-order valence-electron chi connectivity index (χ1n) is 8.93. The van der Waals surface area contributed by atoms with Crippen LogP contribution in [0.4, 0.5) is 5.69 Å². The van der Waals surface area contributed by atoms with Crippen LogP contribution in [-0.4, -0.2) is 10.0 Å². The van der Waals surface area contributed by atoms with E-state index in [-0.39, 0.29) is 11.6 Å². The summed E-state index contributed by atoms with van der Waals surface area (Å²) in [7, 11) is 0. The molecule has 0 saturated carbocycles. The molecule has 142 valence electrons. The normalized spacial score (nSPS) is 13.4. The highest BCUT2D eigenvalue weighted by Gasteiger charge is 2.21. The minimum Gasteiger partial charge on any atom is -0.387 e. The highest BCUT2D eigenvalue weighted by atomic mass is 35.5. The number of hydrogen-bond donors (Lipinski definition) is 1. The van der Waals surface area contributed by atoms with E-state index in [9.17, 15) is 15.2 Å². The molecule has 2 atom stereocenters. The Morgan fingerprint density at radius 3 is 2.14 bits per heavy atom. The molecule has 5 heteroatoms. The van der Waals surface area contributed by atoms with Gasteiger partial charge in [0, 0.05) is 23.1 Å². The van der Waals surface area contributed by atoms with Gasteiger partial charge in [0.1, 0.15) is 0 Å². The van der Waals surface area contributed by atoms with Gasteiger partial charge in [0.15, 0.2) is 0 Å². The summed E-state index contributed by atoms with van der Waals surface area (Å²) in [5.74, 6) is -0.303. The molecule has 1 N–H and O–H groups in total. The molecular formula is C23H20ClNO3. The van der Waals surface area contributed by atoms with Crippen molar-refractivity contribution in [2.24, 2.45) is 0 Å². The van der Waals surface area contributed by atoms with Crippen molar-refractivity contribution in [1.29, 1.82) is 0 Å². The van der Waals surface area contributed by atoms with Gasteiger partial charge in [0.05, 0.1) is 11.0 Å². The summed E-state index contributed by atoms with van der Waals surface area (Å²) in [6, 6.07) is 23.4. The summed E-state index contributed by atoms with van der Waals surface area (Å²) in [4.78, 5) is 10.4. The predicted molar refractivity (Wildman–Crippen MR) is 112 cm³/mol. The van der Waals surface area contributed by atoms with E-state index < -0.39 is 11.0 Å². The van der Waals surface area contributed by atoms with E-state index in [1.54, 1.807) is 24.3 Å². The minimum absolute atomic E-state index is 0.00128. The van der Waals surface area contributed by atoms with Crippen LogP contribution in [-0.2, 0) is 6.42 Å².